The van der Waals surface area contributed by atoms with E-state index in [1.165, 1.54) is 13.2 Å². The molecule has 0 aromatic heterocycles. The monoisotopic (exact) mass is 629 g/mol. The first-order valence-corrected chi connectivity index (χ1v) is 14.9. The minimum Gasteiger partial charge on any atom is -0.495 e. The van der Waals surface area contributed by atoms with Crippen LogP contribution in [0.25, 0.3) is 0 Å². The number of benzene rings is 2. The lowest BCUT2D eigenvalue weighted by molar-refractivity contribution is -0.110. The summed E-state index contributed by atoms with van der Waals surface area (Å²) in [6.07, 6.45) is 1.38. The molecular weight excluding hydrogens is 589 g/mol. The third kappa shape index (κ3) is 9.71. The van der Waals surface area contributed by atoms with E-state index < -0.39 is 5.91 Å². The number of rotatable bonds is 7. The summed E-state index contributed by atoms with van der Waals surface area (Å²) in [5.74, 6) is 0.614. The van der Waals surface area contributed by atoms with Crippen LogP contribution in [0.15, 0.2) is 53.2 Å². The highest BCUT2D eigenvalue weighted by Crippen LogP contribution is 2.27. The number of methoxy groups -OCH3 is 1. The van der Waals surface area contributed by atoms with Crippen molar-refractivity contribution in [3.05, 3.63) is 69.3 Å². The largest absolute Gasteiger partial charge is 0.495 e. The van der Waals surface area contributed by atoms with E-state index in [0.717, 1.165) is 24.6 Å². The van der Waals surface area contributed by atoms with E-state index in [4.69, 9.17) is 39.1 Å². The average molecular weight is 631 g/mol. The SMILES string of the molecule is CC(C)C.COc1cc(C(=O)N2CCN(C)CC2)ccc1NC(=O)C(=N)/C=C1\C(N)=NCCN1Cc1cc(Cl)ccc1Cl. The summed E-state index contributed by atoms with van der Waals surface area (Å²) in [5, 5.41) is 12.2. The number of halogens is 2. The lowest BCUT2D eigenvalue weighted by Gasteiger charge is -2.32. The average Bonchev–Trinajstić information content (AvgIpc) is 2.96. The quantitative estimate of drug-likeness (QED) is 0.379. The highest BCUT2D eigenvalue weighted by molar-refractivity contribution is 6.46. The van der Waals surface area contributed by atoms with Crippen molar-refractivity contribution in [2.75, 3.05) is 58.7 Å². The number of hydrogen-bond acceptors (Lipinski definition) is 8. The molecule has 2 amide bonds. The van der Waals surface area contributed by atoms with Crippen molar-refractivity contribution in [1.29, 1.82) is 5.41 Å². The van der Waals surface area contributed by atoms with E-state index in [1.54, 1.807) is 41.3 Å². The van der Waals surface area contributed by atoms with Gasteiger partial charge in [-0.15, -0.1) is 0 Å². The zero-order chi connectivity index (χ0) is 31.7. The first-order valence-electron chi connectivity index (χ1n) is 14.2. The molecule has 0 atom stereocenters. The minimum atomic E-state index is -0.668. The van der Waals surface area contributed by atoms with Gasteiger partial charge in [-0.05, 0) is 61.0 Å². The van der Waals surface area contributed by atoms with Crippen molar-refractivity contribution in [1.82, 2.24) is 14.7 Å². The lowest BCUT2D eigenvalue weighted by Crippen LogP contribution is -2.47. The van der Waals surface area contributed by atoms with Gasteiger partial charge in [-0.1, -0.05) is 44.0 Å². The Bertz CT molecular complexity index is 1380. The third-order valence-electron chi connectivity index (χ3n) is 6.64. The molecular formula is C31H41Cl2N7O3. The fourth-order valence-corrected chi connectivity index (χ4v) is 4.74. The molecule has 1 saturated heterocycles. The summed E-state index contributed by atoms with van der Waals surface area (Å²) in [4.78, 5) is 36.1. The summed E-state index contributed by atoms with van der Waals surface area (Å²) in [5.41, 5.74) is 7.86. The third-order valence-corrected chi connectivity index (χ3v) is 7.24. The highest BCUT2D eigenvalue weighted by atomic mass is 35.5. The number of likely N-dealkylation sites (N-methyl/N-ethyl adjacent to an activating group) is 1. The number of ether oxygens (including phenoxy) is 1. The van der Waals surface area contributed by atoms with Crippen LogP contribution in [0.1, 0.15) is 36.7 Å². The van der Waals surface area contributed by atoms with Gasteiger partial charge in [-0.3, -0.25) is 20.0 Å². The van der Waals surface area contributed by atoms with E-state index in [9.17, 15) is 9.59 Å². The molecule has 0 unspecified atom stereocenters. The lowest BCUT2D eigenvalue weighted by atomic mass is 10.1. The molecule has 0 radical (unpaired) electrons. The molecule has 0 saturated carbocycles. The van der Waals surface area contributed by atoms with E-state index in [-0.39, 0.29) is 17.5 Å². The van der Waals surface area contributed by atoms with Crippen molar-refractivity contribution >= 4 is 52.3 Å². The van der Waals surface area contributed by atoms with Crippen LogP contribution in [0.4, 0.5) is 5.69 Å². The van der Waals surface area contributed by atoms with Gasteiger partial charge in [-0.2, -0.15) is 0 Å². The van der Waals surface area contributed by atoms with Crippen LogP contribution in [0.2, 0.25) is 10.0 Å². The Morgan fingerprint density at radius 2 is 1.77 bits per heavy atom. The summed E-state index contributed by atoms with van der Waals surface area (Å²) >= 11 is 12.5. The molecule has 12 heteroatoms. The summed E-state index contributed by atoms with van der Waals surface area (Å²) in [7, 11) is 3.48. The molecule has 0 spiro atoms. The van der Waals surface area contributed by atoms with Gasteiger partial charge in [0.2, 0.25) is 0 Å². The number of amidine groups is 1. The van der Waals surface area contributed by atoms with Crippen LogP contribution < -0.4 is 15.8 Å². The Labute approximate surface area is 264 Å². The van der Waals surface area contributed by atoms with Gasteiger partial charge in [0, 0.05) is 54.9 Å². The van der Waals surface area contributed by atoms with E-state index in [2.05, 4.69) is 36.0 Å². The van der Waals surface area contributed by atoms with Gasteiger partial charge >= 0.3 is 0 Å². The van der Waals surface area contributed by atoms with E-state index in [0.29, 0.717) is 65.5 Å². The van der Waals surface area contributed by atoms with Crippen LogP contribution in [-0.4, -0.2) is 91.5 Å². The zero-order valence-corrected chi connectivity index (χ0v) is 26.9. The molecule has 2 aliphatic rings. The Morgan fingerprint density at radius 1 is 1.09 bits per heavy atom. The first-order chi connectivity index (χ1) is 20.4. The molecule has 43 heavy (non-hydrogen) atoms. The Balaban J connectivity index is 0.00000119. The molecule has 2 aromatic rings. The fourth-order valence-electron chi connectivity index (χ4n) is 4.37. The summed E-state index contributed by atoms with van der Waals surface area (Å²) < 4.78 is 5.44. The number of carbonyl (C=O) groups excluding carboxylic acids is 2. The van der Waals surface area contributed by atoms with Crippen molar-refractivity contribution in [2.24, 2.45) is 16.6 Å². The number of anilines is 1. The number of amides is 2. The minimum absolute atomic E-state index is 0.0938. The molecule has 2 aliphatic heterocycles. The second-order valence-electron chi connectivity index (χ2n) is 11.1. The number of piperazine rings is 1. The Morgan fingerprint density at radius 3 is 2.42 bits per heavy atom. The van der Waals surface area contributed by atoms with Gasteiger partial charge in [0.05, 0.1) is 25.0 Å². The van der Waals surface area contributed by atoms with Crippen molar-refractivity contribution in [3.63, 3.8) is 0 Å². The molecule has 10 nitrogen and oxygen atoms in total. The molecule has 2 heterocycles. The number of nitrogens with two attached hydrogens (primary N) is 1. The van der Waals surface area contributed by atoms with Crippen LogP contribution in [0.3, 0.4) is 0 Å². The van der Waals surface area contributed by atoms with Crippen molar-refractivity contribution in [2.45, 2.75) is 27.3 Å². The Kier molecular flexibility index (Phi) is 12.4. The maximum absolute atomic E-state index is 13.0. The van der Waals surface area contributed by atoms with Crippen LogP contribution >= 0.6 is 23.2 Å². The van der Waals surface area contributed by atoms with Gasteiger partial charge in [0.25, 0.3) is 11.8 Å². The smallest absolute Gasteiger partial charge is 0.273 e. The Hall–Kier alpha value is -3.60. The maximum atomic E-state index is 13.0. The number of nitrogens with zero attached hydrogens (tertiary/aromatic N) is 4. The predicted molar refractivity (Wildman–Crippen MR) is 175 cm³/mol. The number of aliphatic imine (C=N–C) groups is 1. The molecule has 1 fully saturated rings. The normalized spacial score (nSPS) is 16.4. The van der Waals surface area contributed by atoms with Crippen molar-refractivity contribution in [3.8, 4) is 5.75 Å². The van der Waals surface area contributed by atoms with Crippen molar-refractivity contribution < 1.29 is 14.3 Å². The highest BCUT2D eigenvalue weighted by Gasteiger charge is 2.23. The van der Waals surface area contributed by atoms with E-state index >= 15 is 0 Å². The molecule has 2 aromatic carbocycles. The van der Waals surface area contributed by atoms with Crippen LogP contribution in [-0.2, 0) is 11.3 Å². The fraction of sp³-hybridized carbons (Fsp3) is 0.419. The second kappa shape index (κ2) is 15.7. The zero-order valence-electron chi connectivity index (χ0n) is 25.4. The summed E-state index contributed by atoms with van der Waals surface area (Å²) in [6.45, 7) is 10.8. The van der Waals surface area contributed by atoms with Gasteiger partial charge < -0.3 is 30.5 Å². The van der Waals surface area contributed by atoms with Gasteiger partial charge in [0.15, 0.2) is 0 Å². The number of carbonyl (C=O) groups is 2. The number of nitrogens with one attached hydrogen (secondary N) is 2. The molecule has 0 bridgehead atoms. The van der Waals surface area contributed by atoms with E-state index in [1.807, 2.05) is 11.9 Å². The van der Waals surface area contributed by atoms with Crippen LogP contribution in [0.5, 0.6) is 5.75 Å². The second-order valence-corrected chi connectivity index (χ2v) is 11.9. The first kappa shape index (κ1) is 33.9. The molecule has 4 rings (SSSR count). The van der Waals surface area contributed by atoms with Gasteiger partial charge in [0.1, 0.15) is 17.3 Å². The molecule has 0 aliphatic carbocycles. The predicted octanol–water partition coefficient (Wildman–Crippen LogP) is 4.77. The number of hydrogen-bond donors (Lipinski definition) is 3. The van der Waals surface area contributed by atoms with Crippen LogP contribution in [0, 0.1) is 11.3 Å². The maximum Gasteiger partial charge on any atom is 0.273 e. The summed E-state index contributed by atoms with van der Waals surface area (Å²) in [6, 6.07) is 10.0. The molecule has 4 N–H and O–H groups in total. The molecule has 232 valence electrons. The topological polar surface area (TPSA) is 127 Å². The standard InChI is InChI=1S/C27H31Cl2N7O3.C4H10/c1-34-9-11-35(12-10-34)27(38)17-3-6-22(24(14-17)39-2)33-26(37)21(30)15-23-25(31)32-7-8-36(23)16-18-13-19(28)4-5-20(18)29;1-4(2)3/h3-6,13-15,30H,7-12,16H2,1-2H3,(H2,31,32)(H,33,37);4H,1-3H3/b23-15+,30-21?;. The van der Waals surface area contributed by atoms with Gasteiger partial charge in [-0.25, -0.2) is 0 Å².